The van der Waals surface area contributed by atoms with E-state index >= 15 is 0 Å². The molecule has 1 saturated heterocycles. The number of pyridine rings is 1. The summed E-state index contributed by atoms with van der Waals surface area (Å²) in [6, 6.07) is 3.98. The quantitative estimate of drug-likeness (QED) is 0.831. The Morgan fingerprint density at radius 3 is 2.56 bits per heavy atom. The zero-order chi connectivity index (χ0) is 11.5. The Morgan fingerprint density at radius 1 is 1.38 bits per heavy atom. The molecular formula is C13H20N2O. The normalized spacial score (nSPS) is 19.8. The van der Waals surface area contributed by atoms with Crippen LogP contribution in [0.15, 0.2) is 18.3 Å². The second-order valence-corrected chi connectivity index (χ2v) is 4.79. The molecule has 3 heteroatoms. The SMILES string of the molecule is CC1CCN(c2ccc([C@H](C)O)nc2)CC1. The zero-order valence-corrected chi connectivity index (χ0v) is 10.1. The molecule has 1 aromatic rings. The molecular weight excluding hydrogens is 200 g/mol. The molecule has 1 aromatic heterocycles. The molecule has 1 fully saturated rings. The minimum atomic E-state index is -0.476. The van der Waals surface area contributed by atoms with Gasteiger partial charge in [-0.15, -0.1) is 0 Å². The van der Waals surface area contributed by atoms with Crippen molar-refractivity contribution in [3.05, 3.63) is 24.0 Å². The van der Waals surface area contributed by atoms with Crippen LogP contribution >= 0.6 is 0 Å². The summed E-state index contributed by atoms with van der Waals surface area (Å²) in [5.41, 5.74) is 1.92. The first-order valence-corrected chi connectivity index (χ1v) is 6.06. The van der Waals surface area contributed by atoms with Crippen LogP contribution in [0.4, 0.5) is 5.69 Å². The van der Waals surface area contributed by atoms with Gasteiger partial charge < -0.3 is 10.0 Å². The largest absolute Gasteiger partial charge is 0.387 e. The first kappa shape index (κ1) is 11.4. The van der Waals surface area contributed by atoms with E-state index in [1.807, 2.05) is 12.3 Å². The number of hydrogen-bond donors (Lipinski definition) is 1. The van der Waals surface area contributed by atoms with Crippen LogP contribution in [0.3, 0.4) is 0 Å². The molecule has 2 rings (SSSR count). The minimum Gasteiger partial charge on any atom is -0.387 e. The van der Waals surface area contributed by atoms with Crippen molar-refractivity contribution in [3.8, 4) is 0 Å². The summed E-state index contributed by atoms with van der Waals surface area (Å²) in [5.74, 6) is 0.848. The topological polar surface area (TPSA) is 36.4 Å². The first-order valence-electron chi connectivity index (χ1n) is 6.06. The van der Waals surface area contributed by atoms with Gasteiger partial charge in [-0.1, -0.05) is 6.92 Å². The fourth-order valence-corrected chi connectivity index (χ4v) is 2.10. The van der Waals surface area contributed by atoms with Gasteiger partial charge in [0.15, 0.2) is 0 Å². The van der Waals surface area contributed by atoms with Gasteiger partial charge in [-0.05, 0) is 37.8 Å². The Morgan fingerprint density at radius 2 is 2.06 bits per heavy atom. The molecule has 1 N–H and O–H groups in total. The van der Waals surface area contributed by atoms with E-state index in [0.717, 1.165) is 24.7 Å². The van der Waals surface area contributed by atoms with Gasteiger partial charge in [0, 0.05) is 13.1 Å². The van der Waals surface area contributed by atoms with Crippen molar-refractivity contribution >= 4 is 5.69 Å². The third-order valence-corrected chi connectivity index (χ3v) is 3.35. The predicted octanol–water partition coefficient (Wildman–Crippen LogP) is 2.37. The van der Waals surface area contributed by atoms with Crippen LogP contribution in [0.1, 0.15) is 38.5 Å². The highest BCUT2D eigenvalue weighted by Gasteiger charge is 2.16. The number of aliphatic hydroxyl groups is 1. The minimum absolute atomic E-state index is 0.476. The smallest absolute Gasteiger partial charge is 0.0931 e. The number of anilines is 1. The number of rotatable bonds is 2. The summed E-state index contributed by atoms with van der Waals surface area (Å²) in [6.07, 6.45) is 3.92. The molecule has 2 heterocycles. The molecule has 0 saturated carbocycles. The van der Waals surface area contributed by atoms with Crippen LogP contribution < -0.4 is 4.90 Å². The maximum Gasteiger partial charge on any atom is 0.0931 e. The van der Waals surface area contributed by atoms with E-state index in [4.69, 9.17) is 0 Å². The van der Waals surface area contributed by atoms with E-state index < -0.39 is 6.10 Å². The average Bonchev–Trinajstić information content (AvgIpc) is 2.30. The third kappa shape index (κ3) is 2.53. The fourth-order valence-electron chi connectivity index (χ4n) is 2.10. The molecule has 0 spiro atoms. The number of piperidine rings is 1. The van der Waals surface area contributed by atoms with Crippen LogP contribution in [0.2, 0.25) is 0 Å². The first-order chi connectivity index (χ1) is 7.66. The lowest BCUT2D eigenvalue weighted by Gasteiger charge is -2.31. The van der Waals surface area contributed by atoms with Crippen LogP contribution in [-0.4, -0.2) is 23.2 Å². The lowest BCUT2D eigenvalue weighted by molar-refractivity contribution is 0.194. The van der Waals surface area contributed by atoms with E-state index in [1.165, 1.54) is 18.5 Å². The maximum atomic E-state index is 9.38. The van der Waals surface area contributed by atoms with Crippen LogP contribution in [0.25, 0.3) is 0 Å². The van der Waals surface area contributed by atoms with Gasteiger partial charge in [-0.3, -0.25) is 4.98 Å². The second kappa shape index (κ2) is 4.83. The van der Waals surface area contributed by atoms with Crippen molar-refractivity contribution in [3.63, 3.8) is 0 Å². The van der Waals surface area contributed by atoms with Gasteiger partial charge in [0.2, 0.25) is 0 Å². The van der Waals surface area contributed by atoms with E-state index in [-0.39, 0.29) is 0 Å². The Bertz CT molecular complexity index is 326. The van der Waals surface area contributed by atoms with Crippen molar-refractivity contribution in [2.24, 2.45) is 5.92 Å². The van der Waals surface area contributed by atoms with Crippen molar-refractivity contribution in [2.75, 3.05) is 18.0 Å². The van der Waals surface area contributed by atoms with Gasteiger partial charge >= 0.3 is 0 Å². The molecule has 0 aliphatic carbocycles. The number of hydrogen-bond acceptors (Lipinski definition) is 3. The highest BCUT2D eigenvalue weighted by molar-refractivity contribution is 5.45. The van der Waals surface area contributed by atoms with E-state index in [9.17, 15) is 5.11 Å². The molecule has 3 nitrogen and oxygen atoms in total. The molecule has 0 unspecified atom stereocenters. The van der Waals surface area contributed by atoms with Gasteiger partial charge in [-0.25, -0.2) is 0 Å². The van der Waals surface area contributed by atoms with Crippen LogP contribution in [0, 0.1) is 5.92 Å². The number of aromatic nitrogens is 1. The highest BCUT2D eigenvalue weighted by atomic mass is 16.3. The number of nitrogens with zero attached hydrogens (tertiary/aromatic N) is 2. The van der Waals surface area contributed by atoms with E-state index in [0.29, 0.717) is 0 Å². The molecule has 88 valence electrons. The maximum absolute atomic E-state index is 9.38. The van der Waals surface area contributed by atoms with Crippen molar-refractivity contribution < 1.29 is 5.11 Å². The molecule has 0 aromatic carbocycles. The van der Waals surface area contributed by atoms with Crippen LogP contribution in [0.5, 0.6) is 0 Å². The van der Waals surface area contributed by atoms with Crippen molar-refractivity contribution in [1.29, 1.82) is 0 Å². The number of aliphatic hydroxyl groups excluding tert-OH is 1. The molecule has 0 amide bonds. The van der Waals surface area contributed by atoms with Crippen LogP contribution in [-0.2, 0) is 0 Å². The van der Waals surface area contributed by atoms with Gasteiger partial charge in [-0.2, -0.15) is 0 Å². The van der Waals surface area contributed by atoms with Gasteiger partial charge in [0.1, 0.15) is 0 Å². The molecule has 1 atom stereocenters. The van der Waals surface area contributed by atoms with E-state index in [2.05, 4.69) is 22.9 Å². The second-order valence-electron chi connectivity index (χ2n) is 4.79. The van der Waals surface area contributed by atoms with Gasteiger partial charge in [0.05, 0.1) is 23.7 Å². The zero-order valence-electron chi connectivity index (χ0n) is 10.1. The molecule has 0 bridgehead atoms. The highest BCUT2D eigenvalue weighted by Crippen LogP contribution is 2.23. The molecule has 1 aliphatic heterocycles. The Hall–Kier alpha value is -1.09. The summed E-state index contributed by atoms with van der Waals surface area (Å²) in [7, 11) is 0. The Labute approximate surface area is 97.1 Å². The average molecular weight is 220 g/mol. The lowest BCUT2D eigenvalue weighted by atomic mass is 9.99. The lowest BCUT2D eigenvalue weighted by Crippen LogP contribution is -2.32. The predicted molar refractivity (Wildman–Crippen MR) is 65.5 cm³/mol. The standard InChI is InChI=1S/C13H20N2O/c1-10-5-7-15(8-6-10)12-3-4-13(11(2)16)14-9-12/h3-4,9-11,16H,5-8H2,1-2H3/t11-/m0/s1. The van der Waals surface area contributed by atoms with Gasteiger partial charge in [0.25, 0.3) is 0 Å². The molecule has 16 heavy (non-hydrogen) atoms. The molecule has 1 aliphatic rings. The third-order valence-electron chi connectivity index (χ3n) is 3.35. The Balaban J connectivity index is 2.04. The summed E-state index contributed by atoms with van der Waals surface area (Å²) in [4.78, 5) is 6.65. The van der Waals surface area contributed by atoms with Crippen molar-refractivity contribution in [1.82, 2.24) is 4.98 Å². The fraction of sp³-hybridized carbons (Fsp3) is 0.615. The Kier molecular flexibility index (Phi) is 3.44. The van der Waals surface area contributed by atoms with E-state index in [1.54, 1.807) is 6.92 Å². The summed E-state index contributed by atoms with van der Waals surface area (Å²) < 4.78 is 0. The summed E-state index contributed by atoms with van der Waals surface area (Å²) >= 11 is 0. The molecule has 0 radical (unpaired) electrons. The summed E-state index contributed by atoms with van der Waals surface area (Å²) in [6.45, 7) is 6.30. The summed E-state index contributed by atoms with van der Waals surface area (Å²) in [5, 5.41) is 9.38. The van der Waals surface area contributed by atoms with Crippen molar-refractivity contribution in [2.45, 2.75) is 32.8 Å². The monoisotopic (exact) mass is 220 g/mol.